The molecule has 0 bridgehead atoms. The third-order valence-corrected chi connectivity index (χ3v) is 5.47. The number of aryl methyl sites for hydroxylation is 1. The molecule has 1 aromatic heterocycles. The second-order valence-electron chi connectivity index (χ2n) is 8.13. The Morgan fingerprint density at radius 3 is 2.96 bits per heavy atom. The number of amides is 1. The third kappa shape index (κ3) is 6.01. The number of piperidine rings is 1. The molecule has 1 N–H and O–H groups in total. The highest BCUT2D eigenvalue weighted by atomic mass is 16.5. The molecule has 2 aliphatic rings. The van der Waals surface area contributed by atoms with Gasteiger partial charge in [0.2, 0.25) is 5.91 Å². The summed E-state index contributed by atoms with van der Waals surface area (Å²) in [5, 5.41) is 12.0. The summed E-state index contributed by atoms with van der Waals surface area (Å²) in [4.78, 5) is 14.5. The monoisotopic (exact) mass is 377 g/mol. The molecule has 7 nitrogen and oxygen atoms in total. The molecule has 1 aromatic rings. The number of fused-ring (bicyclic) bond motifs is 1. The Morgan fingerprint density at radius 1 is 1.22 bits per heavy atom. The number of nitrogens with one attached hydrogen (secondary N) is 1. The smallest absolute Gasteiger partial charge is 0.234 e. The van der Waals surface area contributed by atoms with Gasteiger partial charge in [-0.15, -0.1) is 10.2 Å². The summed E-state index contributed by atoms with van der Waals surface area (Å²) >= 11 is 0. The molecule has 152 valence electrons. The number of rotatable bonds is 8. The van der Waals surface area contributed by atoms with E-state index in [0.29, 0.717) is 25.6 Å². The summed E-state index contributed by atoms with van der Waals surface area (Å²) in [5.74, 6) is 2.80. The first-order valence-electron chi connectivity index (χ1n) is 10.7. The highest BCUT2D eigenvalue weighted by molar-refractivity contribution is 5.78. The standard InChI is InChI=1S/C20H35N5O2/c1-16(2)27-13-7-10-21-19(26)15-24-11-6-8-17(14-24)20-23-22-18-9-4-3-5-12-25(18)20/h16-17H,3-15H2,1-2H3,(H,21,26)/t17-/m1/s1. The van der Waals surface area contributed by atoms with Crippen molar-refractivity contribution in [2.45, 2.75) is 77.4 Å². The minimum atomic E-state index is 0.111. The van der Waals surface area contributed by atoms with Gasteiger partial charge in [0.05, 0.1) is 12.6 Å². The highest BCUT2D eigenvalue weighted by Crippen LogP contribution is 2.27. The van der Waals surface area contributed by atoms with E-state index in [2.05, 4.69) is 25.0 Å². The summed E-state index contributed by atoms with van der Waals surface area (Å²) < 4.78 is 7.86. The molecule has 3 heterocycles. The fourth-order valence-corrected chi connectivity index (χ4v) is 4.10. The number of carbonyl (C=O) groups excluding carboxylic acids is 1. The number of nitrogens with zero attached hydrogens (tertiary/aromatic N) is 4. The maximum Gasteiger partial charge on any atom is 0.234 e. The number of hydrogen-bond donors (Lipinski definition) is 1. The molecular formula is C20H35N5O2. The Hall–Kier alpha value is -1.47. The van der Waals surface area contributed by atoms with Gasteiger partial charge < -0.3 is 14.6 Å². The molecule has 3 rings (SSSR count). The van der Waals surface area contributed by atoms with Gasteiger partial charge in [0.15, 0.2) is 0 Å². The molecule has 0 aromatic carbocycles. The SMILES string of the molecule is CC(C)OCCCNC(=O)CN1CCC[C@@H](c2nnc3n2CCCCC3)C1. The maximum absolute atomic E-state index is 12.3. The van der Waals surface area contributed by atoms with Gasteiger partial charge in [0.1, 0.15) is 11.6 Å². The lowest BCUT2D eigenvalue weighted by Gasteiger charge is -2.31. The van der Waals surface area contributed by atoms with Crippen molar-refractivity contribution >= 4 is 5.91 Å². The van der Waals surface area contributed by atoms with Crippen LogP contribution in [-0.4, -0.2) is 64.5 Å². The van der Waals surface area contributed by atoms with Crippen LogP contribution < -0.4 is 5.32 Å². The van der Waals surface area contributed by atoms with Gasteiger partial charge in [0, 0.05) is 38.6 Å². The lowest BCUT2D eigenvalue weighted by atomic mass is 9.97. The van der Waals surface area contributed by atoms with Crippen molar-refractivity contribution in [3.8, 4) is 0 Å². The molecule has 7 heteroatoms. The molecule has 0 radical (unpaired) electrons. The fourth-order valence-electron chi connectivity index (χ4n) is 4.10. The second-order valence-corrected chi connectivity index (χ2v) is 8.13. The molecular weight excluding hydrogens is 342 g/mol. The summed E-state index contributed by atoms with van der Waals surface area (Å²) in [7, 11) is 0. The van der Waals surface area contributed by atoms with Gasteiger partial charge in [0.25, 0.3) is 0 Å². The fraction of sp³-hybridized carbons (Fsp3) is 0.850. The van der Waals surface area contributed by atoms with E-state index in [0.717, 1.165) is 57.0 Å². The van der Waals surface area contributed by atoms with Crippen LogP contribution in [0.25, 0.3) is 0 Å². The van der Waals surface area contributed by atoms with E-state index >= 15 is 0 Å². The van der Waals surface area contributed by atoms with Gasteiger partial charge in [-0.2, -0.15) is 0 Å². The van der Waals surface area contributed by atoms with Crippen LogP contribution in [0.15, 0.2) is 0 Å². The van der Waals surface area contributed by atoms with Crippen LogP contribution in [0, 0.1) is 0 Å². The van der Waals surface area contributed by atoms with Crippen molar-refractivity contribution in [1.29, 1.82) is 0 Å². The van der Waals surface area contributed by atoms with E-state index in [1.807, 2.05) is 13.8 Å². The molecule has 0 saturated carbocycles. The van der Waals surface area contributed by atoms with E-state index in [4.69, 9.17) is 4.74 Å². The molecule has 0 unspecified atom stereocenters. The summed E-state index contributed by atoms with van der Waals surface area (Å²) in [6.45, 7) is 8.85. The number of hydrogen-bond acceptors (Lipinski definition) is 5. The van der Waals surface area contributed by atoms with Gasteiger partial charge >= 0.3 is 0 Å². The topological polar surface area (TPSA) is 72.3 Å². The zero-order valence-corrected chi connectivity index (χ0v) is 17.0. The van der Waals surface area contributed by atoms with Crippen molar-refractivity contribution < 1.29 is 9.53 Å². The minimum Gasteiger partial charge on any atom is -0.379 e. The predicted molar refractivity (Wildman–Crippen MR) is 105 cm³/mol. The summed E-state index contributed by atoms with van der Waals surface area (Å²) in [6.07, 6.45) is 8.13. The third-order valence-electron chi connectivity index (χ3n) is 5.47. The van der Waals surface area contributed by atoms with Gasteiger partial charge in [-0.3, -0.25) is 9.69 Å². The lowest BCUT2D eigenvalue weighted by Crippen LogP contribution is -2.42. The van der Waals surface area contributed by atoms with Crippen LogP contribution in [0.1, 0.15) is 69.9 Å². The number of likely N-dealkylation sites (tertiary alicyclic amines) is 1. The molecule has 1 atom stereocenters. The van der Waals surface area contributed by atoms with Crippen LogP contribution in [0.3, 0.4) is 0 Å². The van der Waals surface area contributed by atoms with Gasteiger partial charge in [-0.1, -0.05) is 6.42 Å². The predicted octanol–water partition coefficient (Wildman–Crippen LogP) is 2.12. The zero-order valence-electron chi connectivity index (χ0n) is 17.0. The molecule has 0 aliphatic carbocycles. The van der Waals surface area contributed by atoms with E-state index in [-0.39, 0.29) is 12.0 Å². The maximum atomic E-state index is 12.3. The Morgan fingerprint density at radius 2 is 2.11 bits per heavy atom. The lowest BCUT2D eigenvalue weighted by molar-refractivity contribution is -0.122. The van der Waals surface area contributed by atoms with Gasteiger partial charge in [-0.25, -0.2) is 0 Å². The van der Waals surface area contributed by atoms with Crippen molar-refractivity contribution in [3.05, 3.63) is 11.6 Å². The first-order chi connectivity index (χ1) is 13.1. The Kier molecular flexibility index (Phi) is 7.64. The van der Waals surface area contributed by atoms with Crippen molar-refractivity contribution in [2.75, 3.05) is 32.8 Å². The Bertz CT molecular complexity index is 601. The summed E-state index contributed by atoms with van der Waals surface area (Å²) in [5.41, 5.74) is 0. The minimum absolute atomic E-state index is 0.111. The van der Waals surface area contributed by atoms with Gasteiger partial charge in [-0.05, 0) is 52.5 Å². The van der Waals surface area contributed by atoms with E-state index < -0.39 is 0 Å². The normalized spacial score (nSPS) is 21.1. The second kappa shape index (κ2) is 10.2. The van der Waals surface area contributed by atoms with Crippen molar-refractivity contribution in [2.24, 2.45) is 0 Å². The Labute approximate surface area is 162 Å². The average Bonchev–Trinajstić information content (AvgIpc) is 2.90. The van der Waals surface area contributed by atoms with Crippen LogP contribution in [0.2, 0.25) is 0 Å². The van der Waals surface area contributed by atoms with Crippen LogP contribution in [0.5, 0.6) is 0 Å². The largest absolute Gasteiger partial charge is 0.379 e. The number of ether oxygens (including phenoxy) is 1. The zero-order chi connectivity index (χ0) is 19.1. The van der Waals surface area contributed by atoms with Crippen LogP contribution in [0.4, 0.5) is 0 Å². The van der Waals surface area contributed by atoms with Crippen LogP contribution >= 0.6 is 0 Å². The quantitative estimate of drug-likeness (QED) is 0.703. The molecule has 1 saturated heterocycles. The molecule has 27 heavy (non-hydrogen) atoms. The molecule has 2 aliphatic heterocycles. The van der Waals surface area contributed by atoms with Crippen molar-refractivity contribution in [1.82, 2.24) is 25.0 Å². The Balaban J connectivity index is 1.46. The summed E-state index contributed by atoms with van der Waals surface area (Å²) in [6, 6.07) is 0. The highest BCUT2D eigenvalue weighted by Gasteiger charge is 2.28. The average molecular weight is 378 g/mol. The first-order valence-corrected chi connectivity index (χ1v) is 10.7. The number of carbonyl (C=O) groups is 1. The van der Waals surface area contributed by atoms with Crippen LogP contribution in [-0.2, 0) is 22.5 Å². The van der Waals surface area contributed by atoms with E-state index in [9.17, 15) is 4.79 Å². The van der Waals surface area contributed by atoms with Crippen molar-refractivity contribution in [3.63, 3.8) is 0 Å². The molecule has 1 amide bonds. The molecule has 1 fully saturated rings. The van der Waals surface area contributed by atoms with E-state index in [1.165, 1.54) is 19.3 Å². The number of aromatic nitrogens is 3. The molecule has 0 spiro atoms. The first kappa shape index (κ1) is 20.3. The van der Waals surface area contributed by atoms with E-state index in [1.54, 1.807) is 0 Å².